The standard InChI is InChI=1S/C17H18FN5O2/c1-4-22-9-10(7-20-22)17(2)6-11(16(24)25-3)12-8-19-14-5-13(18)21-23(14)15(12)17/h5,7-9,11H,4,6H2,1-3H3. The molecule has 0 fully saturated rings. The second-order valence-corrected chi connectivity index (χ2v) is 6.50. The molecule has 7 nitrogen and oxygen atoms in total. The lowest BCUT2D eigenvalue weighted by molar-refractivity contribution is -0.142. The number of nitrogens with zero attached hydrogens (tertiary/aromatic N) is 5. The summed E-state index contributed by atoms with van der Waals surface area (Å²) < 4.78 is 22.0. The fourth-order valence-electron chi connectivity index (χ4n) is 3.77. The summed E-state index contributed by atoms with van der Waals surface area (Å²) in [6, 6.07) is 1.28. The van der Waals surface area contributed by atoms with E-state index in [9.17, 15) is 9.18 Å². The predicted molar refractivity (Wildman–Crippen MR) is 86.7 cm³/mol. The Labute approximate surface area is 143 Å². The molecule has 1 aliphatic carbocycles. The number of carbonyl (C=O) groups is 1. The van der Waals surface area contributed by atoms with E-state index in [0.29, 0.717) is 17.6 Å². The number of halogens is 1. The van der Waals surface area contributed by atoms with Crippen molar-refractivity contribution in [2.24, 2.45) is 0 Å². The van der Waals surface area contributed by atoms with E-state index < -0.39 is 17.3 Å². The van der Waals surface area contributed by atoms with E-state index in [2.05, 4.69) is 15.2 Å². The molecule has 2 unspecified atom stereocenters. The van der Waals surface area contributed by atoms with Gasteiger partial charge in [-0.15, -0.1) is 5.10 Å². The summed E-state index contributed by atoms with van der Waals surface area (Å²) in [5, 5.41) is 8.31. The average molecular weight is 343 g/mol. The van der Waals surface area contributed by atoms with Crippen molar-refractivity contribution in [1.29, 1.82) is 0 Å². The Morgan fingerprint density at radius 3 is 2.96 bits per heavy atom. The molecule has 0 N–H and O–H groups in total. The molecule has 3 aromatic heterocycles. The SMILES string of the molecule is CCn1cc(C2(C)CC(C(=O)OC)c3cnc4cc(F)nn4c32)cn1. The van der Waals surface area contributed by atoms with Crippen LogP contribution in [-0.4, -0.2) is 37.5 Å². The van der Waals surface area contributed by atoms with Gasteiger partial charge in [0, 0.05) is 41.5 Å². The first kappa shape index (κ1) is 15.7. The van der Waals surface area contributed by atoms with Crippen LogP contribution in [-0.2, 0) is 21.5 Å². The molecule has 0 bridgehead atoms. The maximum absolute atomic E-state index is 13.7. The minimum Gasteiger partial charge on any atom is -0.469 e. The van der Waals surface area contributed by atoms with Gasteiger partial charge in [-0.25, -0.2) is 9.50 Å². The molecular formula is C17H18FN5O2. The van der Waals surface area contributed by atoms with Crippen LogP contribution in [0.25, 0.3) is 5.65 Å². The summed E-state index contributed by atoms with van der Waals surface area (Å²) in [4.78, 5) is 16.6. The smallest absolute Gasteiger partial charge is 0.313 e. The number of ether oxygens (including phenoxy) is 1. The van der Waals surface area contributed by atoms with E-state index in [1.54, 1.807) is 12.4 Å². The molecule has 0 aromatic carbocycles. The molecule has 0 aliphatic heterocycles. The average Bonchev–Trinajstić information content (AvgIpc) is 3.29. The number of fused-ring (bicyclic) bond motifs is 3. The lowest BCUT2D eigenvalue weighted by Gasteiger charge is -2.24. The molecule has 25 heavy (non-hydrogen) atoms. The first-order valence-electron chi connectivity index (χ1n) is 8.13. The molecular weight excluding hydrogens is 325 g/mol. The molecule has 3 aromatic rings. The Kier molecular flexibility index (Phi) is 3.38. The van der Waals surface area contributed by atoms with E-state index in [4.69, 9.17) is 4.74 Å². The largest absolute Gasteiger partial charge is 0.469 e. The van der Waals surface area contributed by atoms with Gasteiger partial charge in [0.25, 0.3) is 0 Å². The van der Waals surface area contributed by atoms with Crippen LogP contribution in [0.5, 0.6) is 0 Å². The molecule has 0 saturated heterocycles. The van der Waals surface area contributed by atoms with Crippen molar-refractivity contribution in [3.05, 3.63) is 47.4 Å². The molecule has 0 saturated carbocycles. The van der Waals surface area contributed by atoms with Crippen LogP contribution in [0.1, 0.15) is 43.0 Å². The first-order valence-corrected chi connectivity index (χ1v) is 8.13. The molecule has 3 heterocycles. The van der Waals surface area contributed by atoms with Crippen LogP contribution in [0, 0.1) is 5.95 Å². The highest BCUT2D eigenvalue weighted by Crippen LogP contribution is 2.49. The van der Waals surface area contributed by atoms with Gasteiger partial charge in [-0.2, -0.15) is 9.49 Å². The Balaban J connectivity index is 1.99. The van der Waals surface area contributed by atoms with Gasteiger partial charge >= 0.3 is 5.97 Å². The number of hydrogen-bond donors (Lipinski definition) is 0. The third kappa shape index (κ3) is 2.16. The molecule has 0 amide bonds. The monoisotopic (exact) mass is 343 g/mol. The molecule has 0 radical (unpaired) electrons. The third-order valence-corrected chi connectivity index (χ3v) is 5.07. The molecule has 8 heteroatoms. The maximum atomic E-state index is 13.7. The van der Waals surface area contributed by atoms with Crippen LogP contribution in [0.2, 0.25) is 0 Å². The molecule has 2 atom stereocenters. The number of esters is 1. The van der Waals surface area contributed by atoms with Crippen molar-refractivity contribution < 1.29 is 13.9 Å². The molecule has 130 valence electrons. The van der Waals surface area contributed by atoms with Crippen LogP contribution in [0.15, 0.2) is 24.7 Å². The van der Waals surface area contributed by atoms with E-state index in [0.717, 1.165) is 17.8 Å². The van der Waals surface area contributed by atoms with Gasteiger partial charge in [-0.3, -0.25) is 9.48 Å². The van der Waals surface area contributed by atoms with Crippen LogP contribution in [0.4, 0.5) is 4.39 Å². The molecule has 1 aliphatic rings. The van der Waals surface area contributed by atoms with E-state index in [-0.39, 0.29) is 5.97 Å². The zero-order chi connectivity index (χ0) is 17.8. The van der Waals surface area contributed by atoms with Gasteiger partial charge < -0.3 is 4.74 Å². The summed E-state index contributed by atoms with van der Waals surface area (Å²) in [5.41, 5.74) is 2.28. The summed E-state index contributed by atoms with van der Waals surface area (Å²) in [6.07, 6.45) is 5.87. The highest BCUT2D eigenvalue weighted by atomic mass is 19.1. The van der Waals surface area contributed by atoms with Crippen molar-refractivity contribution in [2.75, 3.05) is 7.11 Å². The topological polar surface area (TPSA) is 74.3 Å². The highest BCUT2D eigenvalue weighted by Gasteiger charge is 2.48. The fourth-order valence-corrected chi connectivity index (χ4v) is 3.77. The van der Waals surface area contributed by atoms with Crippen LogP contribution < -0.4 is 0 Å². The number of aryl methyl sites for hydroxylation is 1. The zero-order valence-corrected chi connectivity index (χ0v) is 14.2. The maximum Gasteiger partial charge on any atom is 0.313 e. The second kappa shape index (κ2) is 5.37. The van der Waals surface area contributed by atoms with Crippen molar-refractivity contribution >= 4 is 11.6 Å². The minimum absolute atomic E-state index is 0.332. The van der Waals surface area contributed by atoms with E-state index in [1.807, 2.05) is 24.7 Å². The lowest BCUT2D eigenvalue weighted by atomic mass is 9.80. The number of rotatable bonds is 3. The zero-order valence-electron chi connectivity index (χ0n) is 14.2. The van der Waals surface area contributed by atoms with Gasteiger partial charge in [0.05, 0.1) is 24.9 Å². The van der Waals surface area contributed by atoms with Crippen LogP contribution in [0.3, 0.4) is 0 Å². The Morgan fingerprint density at radius 2 is 2.28 bits per heavy atom. The summed E-state index contributed by atoms with van der Waals surface area (Å²) >= 11 is 0. The molecule has 0 spiro atoms. The summed E-state index contributed by atoms with van der Waals surface area (Å²) in [5.74, 6) is -1.41. The predicted octanol–water partition coefficient (Wildman–Crippen LogP) is 2.05. The summed E-state index contributed by atoms with van der Waals surface area (Å²) in [7, 11) is 1.37. The van der Waals surface area contributed by atoms with Gasteiger partial charge in [-0.05, 0) is 20.3 Å². The van der Waals surface area contributed by atoms with Crippen molar-refractivity contribution in [1.82, 2.24) is 24.4 Å². The fraction of sp³-hybridized carbons (Fsp3) is 0.412. The van der Waals surface area contributed by atoms with Gasteiger partial charge in [-0.1, -0.05) is 0 Å². The van der Waals surface area contributed by atoms with Gasteiger partial charge in [0.2, 0.25) is 5.95 Å². The van der Waals surface area contributed by atoms with Crippen molar-refractivity contribution in [3.63, 3.8) is 0 Å². The molecule has 4 rings (SSSR count). The number of hydrogen-bond acceptors (Lipinski definition) is 5. The number of carbonyl (C=O) groups excluding carboxylic acids is 1. The minimum atomic E-state index is -0.603. The Bertz CT molecular complexity index is 979. The second-order valence-electron chi connectivity index (χ2n) is 6.50. The van der Waals surface area contributed by atoms with Gasteiger partial charge in [0.15, 0.2) is 5.65 Å². The lowest BCUT2D eigenvalue weighted by Crippen LogP contribution is -2.24. The Hall–Kier alpha value is -2.77. The van der Waals surface area contributed by atoms with E-state index in [1.165, 1.54) is 17.7 Å². The first-order chi connectivity index (χ1) is 12.0. The number of aromatic nitrogens is 5. The van der Waals surface area contributed by atoms with Crippen molar-refractivity contribution in [2.45, 2.75) is 38.1 Å². The van der Waals surface area contributed by atoms with E-state index >= 15 is 0 Å². The number of methoxy groups -OCH3 is 1. The normalized spacial score (nSPS) is 22.3. The Morgan fingerprint density at radius 1 is 1.48 bits per heavy atom. The third-order valence-electron chi connectivity index (χ3n) is 5.07. The van der Waals surface area contributed by atoms with Gasteiger partial charge in [0.1, 0.15) is 0 Å². The quantitative estimate of drug-likeness (QED) is 0.681. The van der Waals surface area contributed by atoms with Crippen LogP contribution >= 0.6 is 0 Å². The highest BCUT2D eigenvalue weighted by molar-refractivity contribution is 5.80. The van der Waals surface area contributed by atoms with Crippen molar-refractivity contribution in [3.8, 4) is 0 Å². The summed E-state index contributed by atoms with van der Waals surface area (Å²) in [6.45, 7) is 4.76.